The van der Waals surface area contributed by atoms with Gasteiger partial charge in [0.1, 0.15) is 6.04 Å². The summed E-state index contributed by atoms with van der Waals surface area (Å²) in [5.74, 6) is -1.10. The molecule has 7 nitrogen and oxygen atoms in total. The molecular weight excluding hydrogens is 228 g/mol. The zero-order valence-corrected chi connectivity index (χ0v) is 9.76. The number of carbonyl (C=O) groups excluding carboxylic acids is 1. The number of urea groups is 1. The fourth-order valence-corrected chi connectivity index (χ4v) is 1.75. The molecule has 0 aromatic carbocycles. The molecule has 98 valence electrons. The Morgan fingerprint density at radius 3 is 2.82 bits per heavy atom. The molecule has 0 saturated carbocycles. The van der Waals surface area contributed by atoms with E-state index in [4.69, 9.17) is 9.84 Å². The summed E-state index contributed by atoms with van der Waals surface area (Å²) >= 11 is 0. The van der Waals surface area contributed by atoms with Crippen molar-refractivity contribution in [3.05, 3.63) is 0 Å². The quantitative estimate of drug-likeness (QED) is 0.554. The molecule has 1 aliphatic rings. The van der Waals surface area contributed by atoms with Crippen LogP contribution in [0, 0.1) is 0 Å². The van der Waals surface area contributed by atoms with Gasteiger partial charge >= 0.3 is 12.0 Å². The van der Waals surface area contributed by atoms with Crippen LogP contribution in [0.3, 0.4) is 0 Å². The minimum atomic E-state index is -1.10. The molecule has 1 unspecified atom stereocenters. The number of aliphatic carboxylic acids is 1. The average molecular weight is 246 g/mol. The standard InChI is InChI=1S/C10H18N2O5/c1-2-17-4-3-11-10(16)12-6-7(13)5-8(12)9(14)15/h7-8,13H,2-6H2,1H3,(H,11,16)(H,14,15)/t7?,8-/m0/s1. The molecule has 0 spiro atoms. The first kappa shape index (κ1) is 13.7. The van der Waals surface area contributed by atoms with Crippen LogP contribution in [0.2, 0.25) is 0 Å². The molecule has 1 fully saturated rings. The fraction of sp³-hybridized carbons (Fsp3) is 0.800. The van der Waals surface area contributed by atoms with Crippen molar-refractivity contribution in [1.29, 1.82) is 0 Å². The van der Waals surface area contributed by atoms with Crippen LogP contribution in [-0.2, 0) is 9.53 Å². The second-order valence-electron chi connectivity index (χ2n) is 3.82. The first-order chi connectivity index (χ1) is 8.06. The molecule has 2 amide bonds. The summed E-state index contributed by atoms with van der Waals surface area (Å²) in [5.41, 5.74) is 0. The Balaban J connectivity index is 2.41. The number of carboxylic acid groups (broad SMARTS) is 1. The normalized spacial score (nSPS) is 23.8. The van der Waals surface area contributed by atoms with Crippen LogP contribution in [0.25, 0.3) is 0 Å². The van der Waals surface area contributed by atoms with Gasteiger partial charge in [-0.3, -0.25) is 0 Å². The van der Waals surface area contributed by atoms with Gasteiger partial charge in [0.2, 0.25) is 0 Å². The highest BCUT2D eigenvalue weighted by Crippen LogP contribution is 2.17. The van der Waals surface area contributed by atoms with Crippen molar-refractivity contribution in [1.82, 2.24) is 10.2 Å². The summed E-state index contributed by atoms with van der Waals surface area (Å²) < 4.78 is 5.04. The van der Waals surface area contributed by atoms with E-state index < -0.39 is 24.1 Å². The van der Waals surface area contributed by atoms with E-state index in [1.54, 1.807) is 0 Å². The predicted molar refractivity (Wildman–Crippen MR) is 58.6 cm³/mol. The predicted octanol–water partition coefficient (Wildman–Crippen LogP) is -0.748. The van der Waals surface area contributed by atoms with E-state index in [2.05, 4.69) is 5.32 Å². The largest absolute Gasteiger partial charge is 0.480 e. The number of rotatable bonds is 5. The minimum absolute atomic E-state index is 0.0530. The number of amides is 2. The first-order valence-corrected chi connectivity index (χ1v) is 5.59. The van der Waals surface area contributed by atoms with E-state index in [9.17, 15) is 14.7 Å². The number of aliphatic hydroxyl groups excluding tert-OH is 1. The van der Waals surface area contributed by atoms with Gasteiger partial charge < -0.3 is 25.2 Å². The van der Waals surface area contributed by atoms with E-state index in [-0.39, 0.29) is 13.0 Å². The maximum atomic E-state index is 11.7. The first-order valence-electron chi connectivity index (χ1n) is 5.59. The number of ether oxygens (including phenoxy) is 1. The van der Waals surface area contributed by atoms with Crippen molar-refractivity contribution >= 4 is 12.0 Å². The molecule has 0 aromatic heterocycles. The summed E-state index contributed by atoms with van der Waals surface area (Å²) in [5, 5.41) is 20.8. The van der Waals surface area contributed by atoms with Gasteiger partial charge in [-0.2, -0.15) is 0 Å². The zero-order valence-electron chi connectivity index (χ0n) is 9.76. The maximum Gasteiger partial charge on any atom is 0.326 e. The SMILES string of the molecule is CCOCCNC(=O)N1CC(O)C[C@H]1C(=O)O. The molecule has 0 aliphatic carbocycles. The molecule has 0 aromatic rings. The van der Waals surface area contributed by atoms with Gasteiger partial charge in [-0.05, 0) is 6.92 Å². The Morgan fingerprint density at radius 1 is 1.53 bits per heavy atom. The molecule has 1 rings (SSSR count). The molecule has 1 saturated heterocycles. The summed E-state index contributed by atoms with van der Waals surface area (Å²) in [6, 6.07) is -1.43. The Bertz CT molecular complexity index is 284. The second kappa shape index (κ2) is 6.41. The summed E-state index contributed by atoms with van der Waals surface area (Å²) in [6.07, 6.45) is -0.692. The van der Waals surface area contributed by atoms with Crippen LogP contribution >= 0.6 is 0 Å². The highest BCUT2D eigenvalue weighted by molar-refractivity contribution is 5.83. The lowest BCUT2D eigenvalue weighted by Gasteiger charge is -2.21. The van der Waals surface area contributed by atoms with Gasteiger partial charge in [0.15, 0.2) is 0 Å². The third-order valence-electron chi connectivity index (χ3n) is 2.55. The van der Waals surface area contributed by atoms with E-state index in [1.165, 1.54) is 0 Å². The summed E-state index contributed by atoms with van der Waals surface area (Å²) in [6.45, 7) is 3.18. The Labute approximate surface area is 99.4 Å². The second-order valence-corrected chi connectivity index (χ2v) is 3.82. The lowest BCUT2D eigenvalue weighted by molar-refractivity contribution is -0.141. The van der Waals surface area contributed by atoms with Crippen molar-refractivity contribution in [3.63, 3.8) is 0 Å². The van der Waals surface area contributed by atoms with Crippen LogP contribution in [0.5, 0.6) is 0 Å². The van der Waals surface area contributed by atoms with Gasteiger partial charge in [-0.25, -0.2) is 9.59 Å². The number of nitrogens with zero attached hydrogens (tertiary/aromatic N) is 1. The van der Waals surface area contributed by atoms with Gasteiger partial charge in [0, 0.05) is 26.1 Å². The van der Waals surface area contributed by atoms with Crippen LogP contribution in [0.15, 0.2) is 0 Å². The molecule has 2 atom stereocenters. The van der Waals surface area contributed by atoms with Crippen molar-refractivity contribution in [2.24, 2.45) is 0 Å². The van der Waals surface area contributed by atoms with Crippen LogP contribution in [0.1, 0.15) is 13.3 Å². The molecule has 17 heavy (non-hydrogen) atoms. The lowest BCUT2D eigenvalue weighted by Crippen LogP contribution is -2.46. The van der Waals surface area contributed by atoms with Gasteiger partial charge in [0.25, 0.3) is 0 Å². The van der Waals surface area contributed by atoms with Crippen molar-refractivity contribution in [3.8, 4) is 0 Å². The molecule has 0 bridgehead atoms. The molecule has 3 N–H and O–H groups in total. The monoisotopic (exact) mass is 246 g/mol. The van der Waals surface area contributed by atoms with Gasteiger partial charge in [-0.15, -0.1) is 0 Å². The Hall–Kier alpha value is -1.34. The topological polar surface area (TPSA) is 99.1 Å². The number of nitrogens with one attached hydrogen (secondary N) is 1. The number of carbonyl (C=O) groups is 2. The maximum absolute atomic E-state index is 11.7. The summed E-state index contributed by atoms with van der Waals surface area (Å²) in [4.78, 5) is 23.7. The van der Waals surface area contributed by atoms with E-state index in [0.29, 0.717) is 19.8 Å². The molecule has 1 aliphatic heterocycles. The summed E-state index contributed by atoms with van der Waals surface area (Å²) in [7, 11) is 0. The third-order valence-corrected chi connectivity index (χ3v) is 2.55. The van der Waals surface area contributed by atoms with Crippen molar-refractivity contribution in [2.45, 2.75) is 25.5 Å². The van der Waals surface area contributed by atoms with Crippen LogP contribution < -0.4 is 5.32 Å². The van der Waals surface area contributed by atoms with Crippen molar-refractivity contribution in [2.75, 3.05) is 26.3 Å². The highest BCUT2D eigenvalue weighted by Gasteiger charge is 2.38. The fourth-order valence-electron chi connectivity index (χ4n) is 1.75. The Morgan fingerprint density at radius 2 is 2.24 bits per heavy atom. The Kier molecular flexibility index (Phi) is 5.17. The molecule has 0 radical (unpaired) electrons. The molecule has 1 heterocycles. The third kappa shape index (κ3) is 3.86. The number of hydrogen-bond donors (Lipinski definition) is 3. The van der Waals surface area contributed by atoms with Gasteiger partial charge in [0.05, 0.1) is 12.7 Å². The molecule has 7 heteroatoms. The minimum Gasteiger partial charge on any atom is -0.480 e. The van der Waals surface area contributed by atoms with E-state index in [1.807, 2.05) is 6.92 Å². The smallest absolute Gasteiger partial charge is 0.326 e. The lowest BCUT2D eigenvalue weighted by atomic mass is 10.2. The molecular formula is C10H18N2O5. The number of carboxylic acids is 1. The average Bonchev–Trinajstić information content (AvgIpc) is 2.66. The van der Waals surface area contributed by atoms with E-state index in [0.717, 1.165) is 4.90 Å². The van der Waals surface area contributed by atoms with Crippen LogP contribution in [0.4, 0.5) is 4.79 Å². The number of likely N-dealkylation sites (tertiary alicyclic amines) is 1. The van der Waals surface area contributed by atoms with Crippen molar-refractivity contribution < 1.29 is 24.5 Å². The van der Waals surface area contributed by atoms with E-state index >= 15 is 0 Å². The van der Waals surface area contributed by atoms with Gasteiger partial charge in [-0.1, -0.05) is 0 Å². The van der Waals surface area contributed by atoms with Crippen LogP contribution in [-0.4, -0.2) is 65.6 Å². The number of β-amino-alcohol motifs (C(OH)–C–C–N with tert-alkyl or cyclic N) is 1. The number of aliphatic hydroxyl groups is 1. The highest BCUT2D eigenvalue weighted by atomic mass is 16.5. The number of hydrogen-bond acceptors (Lipinski definition) is 4. The zero-order chi connectivity index (χ0) is 12.8.